The van der Waals surface area contributed by atoms with Crippen molar-refractivity contribution in [2.45, 2.75) is 44.6 Å². The third kappa shape index (κ3) is 4.25. The fourth-order valence-electron chi connectivity index (χ4n) is 4.10. The zero-order valence-corrected chi connectivity index (χ0v) is 14.4. The Hall–Kier alpha value is -1.64. The first-order valence-corrected chi connectivity index (χ1v) is 9.26. The molecule has 5 nitrogen and oxygen atoms in total. The van der Waals surface area contributed by atoms with E-state index in [1.807, 2.05) is 12.1 Å². The summed E-state index contributed by atoms with van der Waals surface area (Å²) in [6.07, 6.45) is 9.35. The number of nitrogens with zero attached hydrogens (tertiary/aromatic N) is 4. The van der Waals surface area contributed by atoms with Crippen LogP contribution in [-0.2, 0) is 0 Å². The number of aromatic nitrogens is 1. The molecule has 0 aromatic carbocycles. The van der Waals surface area contributed by atoms with Gasteiger partial charge in [-0.25, -0.2) is 4.98 Å². The lowest BCUT2D eigenvalue weighted by Gasteiger charge is -2.43. The van der Waals surface area contributed by atoms with Gasteiger partial charge in [0.05, 0.1) is 5.56 Å². The Bertz CT molecular complexity index is 547. The Balaban J connectivity index is 1.62. The second-order valence-corrected chi connectivity index (χ2v) is 7.13. The molecule has 2 aliphatic rings. The molecule has 2 fully saturated rings. The van der Waals surface area contributed by atoms with Gasteiger partial charge in [0.2, 0.25) is 0 Å². The van der Waals surface area contributed by atoms with Gasteiger partial charge in [-0.3, -0.25) is 4.90 Å². The molecule has 1 saturated heterocycles. The van der Waals surface area contributed by atoms with Gasteiger partial charge in [0.25, 0.3) is 0 Å². The highest BCUT2D eigenvalue weighted by Gasteiger charge is 2.29. The quantitative estimate of drug-likeness (QED) is 0.899. The molecule has 130 valence electrons. The van der Waals surface area contributed by atoms with E-state index in [0.29, 0.717) is 11.6 Å². The van der Waals surface area contributed by atoms with Crippen molar-refractivity contribution in [2.24, 2.45) is 5.92 Å². The number of nitriles is 1. The van der Waals surface area contributed by atoms with Gasteiger partial charge in [-0.2, -0.15) is 5.26 Å². The summed E-state index contributed by atoms with van der Waals surface area (Å²) in [4.78, 5) is 9.31. The van der Waals surface area contributed by atoms with E-state index in [1.54, 1.807) is 6.20 Å². The van der Waals surface area contributed by atoms with Gasteiger partial charge in [0, 0.05) is 45.0 Å². The molecule has 1 N–H and O–H groups in total. The van der Waals surface area contributed by atoms with Gasteiger partial charge in [-0.05, 0) is 37.3 Å². The summed E-state index contributed by atoms with van der Waals surface area (Å²) in [5, 5.41) is 18.4. The van der Waals surface area contributed by atoms with E-state index in [2.05, 4.69) is 20.9 Å². The summed E-state index contributed by atoms with van der Waals surface area (Å²) in [6, 6.07) is 6.28. The van der Waals surface area contributed by atoms with Gasteiger partial charge in [-0.15, -0.1) is 0 Å². The van der Waals surface area contributed by atoms with Gasteiger partial charge in [0.15, 0.2) is 0 Å². The summed E-state index contributed by atoms with van der Waals surface area (Å²) in [5.74, 6) is 1.77. The first kappa shape index (κ1) is 17.2. The van der Waals surface area contributed by atoms with Crippen molar-refractivity contribution >= 4 is 5.82 Å². The average Bonchev–Trinajstić information content (AvgIpc) is 2.64. The largest absolute Gasteiger partial charge is 0.396 e. The molecule has 0 radical (unpaired) electrons. The summed E-state index contributed by atoms with van der Waals surface area (Å²) < 4.78 is 0. The van der Waals surface area contributed by atoms with E-state index in [1.165, 1.54) is 38.6 Å². The monoisotopic (exact) mass is 328 g/mol. The highest BCUT2D eigenvalue weighted by molar-refractivity contribution is 5.42. The minimum atomic E-state index is 0.237. The van der Waals surface area contributed by atoms with Crippen LogP contribution in [0, 0.1) is 17.2 Å². The summed E-state index contributed by atoms with van der Waals surface area (Å²) >= 11 is 0. The molecule has 0 bridgehead atoms. The zero-order chi connectivity index (χ0) is 16.8. The normalized spacial score (nSPS) is 23.2. The predicted molar refractivity (Wildman–Crippen MR) is 94.8 cm³/mol. The zero-order valence-electron chi connectivity index (χ0n) is 14.4. The summed E-state index contributed by atoms with van der Waals surface area (Å²) in [5.41, 5.74) is 0.599. The molecule has 3 rings (SSSR count). The molecular formula is C19H28N4O. The number of hydrogen-bond acceptors (Lipinski definition) is 5. The van der Waals surface area contributed by atoms with Gasteiger partial charge >= 0.3 is 0 Å². The SMILES string of the molecule is N#Cc1ccc(N2CCN(CC3CCCCC3)C(CCO)C2)nc1. The van der Waals surface area contributed by atoms with Crippen LogP contribution >= 0.6 is 0 Å². The molecule has 2 heterocycles. The molecule has 1 aromatic rings. The number of aliphatic hydroxyl groups excluding tert-OH is 1. The summed E-state index contributed by atoms with van der Waals surface area (Å²) in [7, 11) is 0. The number of hydrogen-bond donors (Lipinski definition) is 1. The third-order valence-electron chi connectivity index (χ3n) is 5.49. The molecule has 24 heavy (non-hydrogen) atoms. The molecule has 1 atom stereocenters. The van der Waals surface area contributed by atoms with Crippen LogP contribution in [0.3, 0.4) is 0 Å². The molecule has 5 heteroatoms. The predicted octanol–water partition coefficient (Wildman–Crippen LogP) is 2.41. The number of pyridine rings is 1. The van der Waals surface area contributed by atoms with Crippen LogP contribution in [0.4, 0.5) is 5.82 Å². The Morgan fingerprint density at radius 1 is 1.21 bits per heavy atom. The van der Waals surface area contributed by atoms with Gasteiger partial charge < -0.3 is 10.0 Å². The first-order chi connectivity index (χ1) is 11.8. The van der Waals surface area contributed by atoms with Crippen molar-refractivity contribution in [1.82, 2.24) is 9.88 Å². The van der Waals surface area contributed by atoms with Crippen LogP contribution in [0.2, 0.25) is 0 Å². The van der Waals surface area contributed by atoms with Crippen LogP contribution < -0.4 is 4.90 Å². The fourth-order valence-corrected chi connectivity index (χ4v) is 4.10. The topological polar surface area (TPSA) is 63.4 Å². The van der Waals surface area contributed by atoms with E-state index >= 15 is 0 Å². The van der Waals surface area contributed by atoms with Gasteiger partial charge in [0.1, 0.15) is 11.9 Å². The number of rotatable bonds is 5. The number of aliphatic hydroxyl groups is 1. The van der Waals surface area contributed by atoms with Crippen molar-refractivity contribution < 1.29 is 5.11 Å². The van der Waals surface area contributed by atoms with Crippen LogP contribution in [-0.4, -0.2) is 53.8 Å². The minimum absolute atomic E-state index is 0.237. The summed E-state index contributed by atoms with van der Waals surface area (Å²) in [6.45, 7) is 4.32. The number of piperazine rings is 1. The maximum absolute atomic E-state index is 9.47. The second kappa shape index (κ2) is 8.46. The highest BCUT2D eigenvalue weighted by atomic mass is 16.3. The lowest BCUT2D eigenvalue weighted by Crippen LogP contribution is -2.55. The maximum Gasteiger partial charge on any atom is 0.128 e. The lowest BCUT2D eigenvalue weighted by molar-refractivity contribution is 0.112. The Labute approximate surface area is 144 Å². The van der Waals surface area contributed by atoms with Crippen LogP contribution in [0.25, 0.3) is 0 Å². The smallest absolute Gasteiger partial charge is 0.128 e. The van der Waals surface area contributed by atoms with Crippen LogP contribution in [0.5, 0.6) is 0 Å². The molecule has 1 aliphatic heterocycles. The first-order valence-electron chi connectivity index (χ1n) is 9.26. The van der Waals surface area contributed by atoms with Crippen molar-refractivity contribution in [2.75, 3.05) is 37.7 Å². The average molecular weight is 328 g/mol. The third-order valence-corrected chi connectivity index (χ3v) is 5.49. The van der Waals surface area contributed by atoms with E-state index in [9.17, 15) is 5.11 Å². The number of anilines is 1. The highest BCUT2D eigenvalue weighted by Crippen LogP contribution is 2.27. The van der Waals surface area contributed by atoms with Gasteiger partial charge in [-0.1, -0.05) is 19.3 Å². The molecule has 1 aromatic heterocycles. The van der Waals surface area contributed by atoms with Crippen molar-refractivity contribution in [1.29, 1.82) is 5.26 Å². The van der Waals surface area contributed by atoms with Crippen molar-refractivity contribution in [3.63, 3.8) is 0 Å². The standard InChI is InChI=1S/C19H28N4O/c20-12-17-6-7-19(21-13-17)23-10-9-22(18(15-23)8-11-24)14-16-4-2-1-3-5-16/h6-7,13,16,18,24H,1-5,8-11,14-15H2. The Morgan fingerprint density at radius 2 is 2.04 bits per heavy atom. The van der Waals surface area contributed by atoms with E-state index < -0.39 is 0 Å². The minimum Gasteiger partial charge on any atom is -0.396 e. The Morgan fingerprint density at radius 3 is 2.71 bits per heavy atom. The van der Waals surface area contributed by atoms with Crippen molar-refractivity contribution in [3.05, 3.63) is 23.9 Å². The molecule has 1 unspecified atom stereocenters. The second-order valence-electron chi connectivity index (χ2n) is 7.13. The van der Waals surface area contributed by atoms with E-state index in [0.717, 1.165) is 37.8 Å². The Kier molecular flexibility index (Phi) is 6.06. The van der Waals surface area contributed by atoms with Crippen LogP contribution in [0.15, 0.2) is 18.3 Å². The van der Waals surface area contributed by atoms with Crippen molar-refractivity contribution in [3.8, 4) is 6.07 Å². The molecule has 0 amide bonds. The molecular weight excluding hydrogens is 300 g/mol. The molecule has 0 spiro atoms. The maximum atomic E-state index is 9.47. The molecule has 1 aliphatic carbocycles. The molecule has 1 saturated carbocycles. The van der Waals surface area contributed by atoms with Crippen LogP contribution in [0.1, 0.15) is 44.1 Å². The fraction of sp³-hybridized carbons (Fsp3) is 0.684. The lowest BCUT2D eigenvalue weighted by atomic mass is 9.88. The van der Waals surface area contributed by atoms with E-state index in [-0.39, 0.29) is 6.61 Å². The van der Waals surface area contributed by atoms with E-state index in [4.69, 9.17) is 5.26 Å².